The fraction of sp³-hybridized carbons (Fsp3) is 0.500. The molecule has 0 spiro atoms. The number of hydrogen-bond donors (Lipinski definition) is 0. The van der Waals surface area contributed by atoms with E-state index < -0.39 is 0 Å². The summed E-state index contributed by atoms with van der Waals surface area (Å²) in [5.41, 5.74) is 4.44. The van der Waals surface area contributed by atoms with Crippen molar-refractivity contribution >= 4 is 23.4 Å². The summed E-state index contributed by atoms with van der Waals surface area (Å²) in [5, 5.41) is 0.646. The van der Waals surface area contributed by atoms with Gasteiger partial charge in [0.2, 0.25) is 5.91 Å². The minimum Gasteiger partial charge on any atom is -0.493 e. The van der Waals surface area contributed by atoms with Gasteiger partial charge in [0.05, 0.1) is 6.61 Å². The van der Waals surface area contributed by atoms with E-state index in [0.717, 1.165) is 37.2 Å². The first-order chi connectivity index (χ1) is 16.7. The van der Waals surface area contributed by atoms with Crippen LogP contribution < -0.4 is 4.74 Å². The van der Waals surface area contributed by atoms with Gasteiger partial charge in [0, 0.05) is 62.3 Å². The normalized spacial score (nSPS) is 20.2. The topological polar surface area (TPSA) is 53.1 Å². The summed E-state index contributed by atoms with van der Waals surface area (Å²) in [6.07, 6.45) is 1.83. The van der Waals surface area contributed by atoms with E-state index in [9.17, 15) is 9.59 Å². The molecule has 2 heterocycles. The van der Waals surface area contributed by atoms with Gasteiger partial charge in [0.25, 0.3) is 5.91 Å². The molecule has 2 aromatic rings. The highest BCUT2D eigenvalue weighted by molar-refractivity contribution is 6.30. The number of rotatable bonds is 8. The fourth-order valence-electron chi connectivity index (χ4n) is 5.42. The number of ether oxygens (including phenoxy) is 1. The van der Waals surface area contributed by atoms with Crippen LogP contribution in [0.3, 0.4) is 0 Å². The number of hydrogen-bond acceptors (Lipinski definition) is 4. The molecular weight excluding hydrogens is 462 g/mol. The summed E-state index contributed by atoms with van der Waals surface area (Å²) in [6, 6.07) is 12.3. The molecule has 2 saturated heterocycles. The lowest BCUT2D eigenvalue weighted by Crippen LogP contribution is -2.49. The minimum atomic E-state index is 0.0726. The van der Waals surface area contributed by atoms with Gasteiger partial charge >= 0.3 is 0 Å². The Kier molecular flexibility index (Phi) is 7.72. The van der Waals surface area contributed by atoms with Crippen molar-refractivity contribution in [1.29, 1.82) is 0 Å². The molecule has 2 fully saturated rings. The van der Waals surface area contributed by atoms with Crippen LogP contribution in [-0.2, 0) is 4.79 Å². The Bertz CT molecular complexity index is 1090. The zero-order valence-corrected chi connectivity index (χ0v) is 22.1. The monoisotopic (exact) mass is 497 g/mol. The molecule has 6 nitrogen and oxygen atoms in total. The van der Waals surface area contributed by atoms with Gasteiger partial charge in [-0.2, -0.15) is 0 Å². The predicted molar refractivity (Wildman–Crippen MR) is 139 cm³/mol. The Balaban J connectivity index is 1.37. The van der Waals surface area contributed by atoms with E-state index >= 15 is 0 Å². The molecule has 0 unspecified atom stereocenters. The lowest BCUT2D eigenvalue weighted by Gasteiger charge is -2.38. The quantitative estimate of drug-likeness (QED) is 0.488. The number of carbonyl (C=O) groups excluding carboxylic acids is 2. The smallest absolute Gasteiger partial charge is 0.254 e. The van der Waals surface area contributed by atoms with Crippen molar-refractivity contribution < 1.29 is 14.3 Å². The number of piperazine rings is 1. The van der Waals surface area contributed by atoms with Crippen molar-refractivity contribution in [3.63, 3.8) is 0 Å². The predicted octanol–water partition coefficient (Wildman–Crippen LogP) is 4.86. The molecule has 0 saturated carbocycles. The Morgan fingerprint density at radius 3 is 2.43 bits per heavy atom. The standard InChI is InChI=1S/C28H36ClN3O3/c1-18-19(2)27(35-14-6-13-30(5)21(4)33)12-11-26(18)20(3)31-16-25-15-24(31)17-32(25)28(34)22-7-9-23(29)10-8-22/h7-12,20,24-25H,6,13-17H2,1-5H3/t20-,24-,25-/m0/s1. The van der Waals surface area contributed by atoms with Gasteiger partial charge in [-0.05, 0) is 80.6 Å². The number of nitrogens with zero attached hydrogens (tertiary/aromatic N) is 3. The third-order valence-corrected chi connectivity index (χ3v) is 8.05. The SMILES string of the molecule is CC(=O)N(C)CCCOc1ccc([C@H](C)N2C[C@@H]3C[C@H]2CN3C(=O)c2ccc(Cl)cc2)c(C)c1C. The molecule has 0 N–H and O–H groups in total. The molecule has 0 radical (unpaired) electrons. The molecule has 2 aromatic carbocycles. The third kappa shape index (κ3) is 5.34. The first kappa shape index (κ1) is 25.5. The maximum absolute atomic E-state index is 13.0. The summed E-state index contributed by atoms with van der Waals surface area (Å²) >= 11 is 5.99. The number of benzene rings is 2. The summed E-state index contributed by atoms with van der Waals surface area (Å²) in [4.78, 5) is 30.7. The van der Waals surface area contributed by atoms with Gasteiger partial charge in [-0.3, -0.25) is 14.5 Å². The molecule has 4 rings (SSSR count). The maximum atomic E-state index is 13.0. The molecular formula is C28H36ClN3O3. The Morgan fingerprint density at radius 2 is 1.80 bits per heavy atom. The van der Waals surface area contributed by atoms with Crippen molar-refractivity contribution in [1.82, 2.24) is 14.7 Å². The van der Waals surface area contributed by atoms with Gasteiger partial charge in [-0.15, -0.1) is 0 Å². The molecule has 2 bridgehead atoms. The van der Waals surface area contributed by atoms with E-state index in [4.69, 9.17) is 16.3 Å². The molecule has 3 atom stereocenters. The lowest BCUT2D eigenvalue weighted by molar-refractivity contribution is -0.127. The van der Waals surface area contributed by atoms with Crippen molar-refractivity contribution in [2.24, 2.45) is 0 Å². The van der Waals surface area contributed by atoms with Gasteiger partial charge < -0.3 is 14.5 Å². The van der Waals surface area contributed by atoms with Crippen LogP contribution in [0.4, 0.5) is 0 Å². The van der Waals surface area contributed by atoms with Crippen LogP contribution in [0.2, 0.25) is 5.02 Å². The van der Waals surface area contributed by atoms with Gasteiger partial charge in [0.1, 0.15) is 5.75 Å². The van der Waals surface area contributed by atoms with Crippen molar-refractivity contribution in [3.05, 3.63) is 63.7 Å². The van der Waals surface area contributed by atoms with Crippen LogP contribution in [0.15, 0.2) is 36.4 Å². The van der Waals surface area contributed by atoms with Crippen LogP contribution in [0, 0.1) is 13.8 Å². The van der Waals surface area contributed by atoms with E-state index in [2.05, 4.69) is 37.8 Å². The van der Waals surface area contributed by atoms with Gasteiger partial charge in [-0.1, -0.05) is 17.7 Å². The van der Waals surface area contributed by atoms with Gasteiger partial charge in [-0.25, -0.2) is 0 Å². The largest absolute Gasteiger partial charge is 0.493 e. The highest BCUT2D eigenvalue weighted by atomic mass is 35.5. The molecule has 2 aliphatic rings. The number of carbonyl (C=O) groups is 2. The van der Waals surface area contributed by atoms with Crippen molar-refractivity contribution in [3.8, 4) is 5.75 Å². The third-order valence-electron chi connectivity index (χ3n) is 7.79. The maximum Gasteiger partial charge on any atom is 0.254 e. The zero-order valence-electron chi connectivity index (χ0n) is 21.4. The minimum absolute atomic E-state index is 0.0726. The van der Waals surface area contributed by atoms with Gasteiger partial charge in [0.15, 0.2) is 0 Å². The average Bonchev–Trinajstić information content (AvgIpc) is 3.45. The van der Waals surface area contributed by atoms with Crippen molar-refractivity contribution in [2.75, 3.05) is 33.3 Å². The molecule has 2 amide bonds. The van der Waals surface area contributed by atoms with E-state index in [1.54, 1.807) is 24.0 Å². The Labute approximate surface area is 213 Å². The van der Waals surface area contributed by atoms with E-state index in [1.807, 2.05) is 24.1 Å². The number of fused-ring (bicyclic) bond motifs is 2. The van der Waals surface area contributed by atoms with Crippen LogP contribution in [0.25, 0.3) is 0 Å². The highest BCUT2D eigenvalue weighted by Crippen LogP contribution is 2.39. The van der Waals surface area contributed by atoms with E-state index in [0.29, 0.717) is 29.8 Å². The van der Waals surface area contributed by atoms with E-state index in [1.165, 1.54) is 11.1 Å². The summed E-state index contributed by atoms with van der Waals surface area (Å²) < 4.78 is 6.04. The molecule has 2 aliphatic heterocycles. The Morgan fingerprint density at radius 1 is 1.09 bits per heavy atom. The first-order valence-electron chi connectivity index (χ1n) is 12.4. The van der Waals surface area contributed by atoms with Crippen LogP contribution in [0.5, 0.6) is 5.75 Å². The number of amides is 2. The summed E-state index contributed by atoms with van der Waals surface area (Å²) in [7, 11) is 1.81. The average molecular weight is 498 g/mol. The second-order valence-electron chi connectivity index (χ2n) is 9.93. The van der Waals surface area contributed by atoms with E-state index in [-0.39, 0.29) is 23.9 Å². The molecule has 7 heteroatoms. The van der Waals surface area contributed by atoms with Crippen LogP contribution >= 0.6 is 11.6 Å². The number of halogens is 1. The van der Waals surface area contributed by atoms with Crippen molar-refractivity contribution in [2.45, 2.75) is 58.7 Å². The van der Waals surface area contributed by atoms with Crippen LogP contribution in [0.1, 0.15) is 59.8 Å². The summed E-state index contributed by atoms with van der Waals surface area (Å²) in [6.45, 7) is 11.1. The fourth-order valence-corrected chi connectivity index (χ4v) is 5.55. The number of likely N-dealkylation sites (tertiary alicyclic amines) is 2. The molecule has 0 aliphatic carbocycles. The highest BCUT2D eigenvalue weighted by Gasteiger charge is 2.47. The second kappa shape index (κ2) is 10.6. The molecule has 0 aromatic heterocycles. The van der Waals surface area contributed by atoms with Crippen LogP contribution in [-0.4, -0.2) is 71.9 Å². The molecule has 188 valence electrons. The molecule has 35 heavy (non-hydrogen) atoms. The summed E-state index contributed by atoms with van der Waals surface area (Å²) in [5.74, 6) is 1.08. The second-order valence-corrected chi connectivity index (χ2v) is 10.4. The Hall–Kier alpha value is -2.57. The first-order valence-corrected chi connectivity index (χ1v) is 12.8. The lowest BCUT2D eigenvalue weighted by atomic mass is 9.96. The zero-order chi connectivity index (χ0) is 25.3.